The number of nitrogens with zero attached hydrogens (tertiary/aromatic N) is 2. The average Bonchev–Trinajstić information content (AvgIpc) is 3.22. The normalized spacial score (nSPS) is 23.2. The Kier molecular flexibility index (Phi) is 7.53. The predicted octanol–water partition coefficient (Wildman–Crippen LogP) is 5.84. The van der Waals surface area contributed by atoms with Gasteiger partial charge in [0.2, 0.25) is 5.91 Å². The minimum atomic E-state index is -2.56. The molecule has 0 aromatic heterocycles. The average molecular weight is 585 g/mol. The van der Waals surface area contributed by atoms with Crippen molar-refractivity contribution in [2.75, 3.05) is 23.5 Å². The van der Waals surface area contributed by atoms with E-state index in [-0.39, 0.29) is 12.0 Å². The number of anilines is 1. The van der Waals surface area contributed by atoms with Crippen LogP contribution in [0, 0.1) is 4.78 Å². The highest BCUT2D eigenvalue weighted by Gasteiger charge is 2.55. The monoisotopic (exact) mass is 584 g/mol. The van der Waals surface area contributed by atoms with E-state index >= 15 is 0 Å². The summed E-state index contributed by atoms with van der Waals surface area (Å²) in [5, 5.41) is 0. The van der Waals surface area contributed by atoms with Gasteiger partial charge in [-0.25, -0.2) is 9.20 Å². The molecule has 2 fully saturated rings. The van der Waals surface area contributed by atoms with Gasteiger partial charge in [0.1, 0.15) is 17.6 Å². The van der Waals surface area contributed by atoms with Gasteiger partial charge in [-0.2, -0.15) is 0 Å². The van der Waals surface area contributed by atoms with Gasteiger partial charge in [-0.3, -0.25) is 9.57 Å². The third-order valence-corrected chi connectivity index (χ3v) is 10.4. The Bertz CT molecular complexity index is 1630. The molecule has 0 atom stereocenters. The van der Waals surface area contributed by atoms with E-state index < -0.39 is 15.1 Å². The summed E-state index contributed by atoms with van der Waals surface area (Å²) in [4.78, 5) is 21.0. The number of rotatable bonds is 8. The molecule has 1 amide bonds. The fourth-order valence-corrected chi connectivity index (χ4v) is 7.65. The minimum Gasteiger partial charge on any atom is -0.497 e. The first-order chi connectivity index (χ1) is 20.3. The summed E-state index contributed by atoms with van der Waals surface area (Å²) in [6.45, 7) is 0.409. The molecule has 9 heteroatoms. The van der Waals surface area contributed by atoms with Gasteiger partial charge in [0.15, 0.2) is 0 Å². The van der Waals surface area contributed by atoms with Crippen molar-refractivity contribution in [3.63, 3.8) is 0 Å². The van der Waals surface area contributed by atoms with E-state index in [1.54, 1.807) is 13.2 Å². The van der Waals surface area contributed by atoms with Crippen LogP contribution in [0.2, 0.25) is 0 Å². The number of hydrogen-bond acceptors (Lipinski definition) is 7. The Morgan fingerprint density at radius 3 is 2.45 bits per heavy atom. The minimum absolute atomic E-state index is 0.0929. The molecule has 3 aromatic carbocycles. The van der Waals surface area contributed by atoms with Crippen LogP contribution >= 0.6 is 0 Å². The van der Waals surface area contributed by atoms with E-state index in [0.29, 0.717) is 42.4 Å². The van der Waals surface area contributed by atoms with Gasteiger partial charge in [0, 0.05) is 26.8 Å². The summed E-state index contributed by atoms with van der Waals surface area (Å²) in [6, 6.07) is 21.5. The van der Waals surface area contributed by atoms with Crippen LogP contribution in [-0.2, 0) is 26.5 Å². The summed E-state index contributed by atoms with van der Waals surface area (Å²) in [6.07, 6.45) is 6.66. The van der Waals surface area contributed by atoms with Crippen molar-refractivity contribution in [3.8, 4) is 11.5 Å². The maximum Gasteiger partial charge on any atom is 0.238 e. The van der Waals surface area contributed by atoms with Crippen molar-refractivity contribution < 1.29 is 18.5 Å². The van der Waals surface area contributed by atoms with Gasteiger partial charge >= 0.3 is 0 Å². The number of carbonyl (C=O) groups is 1. The zero-order valence-electron chi connectivity index (χ0n) is 23.8. The van der Waals surface area contributed by atoms with E-state index in [2.05, 4.69) is 6.07 Å². The van der Waals surface area contributed by atoms with Crippen molar-refractivity contribution in [1.29, 1.82) is 4.78 Å². The maximum absolute atomic E-state index is 14.2. The molecule has 0 bridgehead atoms. The number of hydrogen-bond donors (Lipinski definition) is 2. The van der Waals surface area contributed by atoms with E-state index in [9.17, 15) is 9.00 Å². The second kappa shape index (κ2) is 11.3. The molecule has 6 rings (SSSR count). The van der Waals surface area contributed by atoms with Crippen LogP contribution in [0.3, 0.4) is 0 Å². The molecule has 0 unspecified atom stereocenters. The summed E-state index contributed by atoms with van der Waals surface area (Å²) in [7, 11) is -0.924. The lowest BCUT2D eigenvalue weighted by molar-refractivity contribution is -0.126. The Balaban J connectivity index is 1.48. The number of nitrogens with one attached hydrogen (secondary N) is 1. The Morgan fingerprint density at radius 1 is 1.12 bits per heavy atom. The van der Waals surface area contributed by atoms with Crippen molar-refractivity contribution in [2.24, 2.45) is 10.7 Å². The van der Waals surface area contributed by atoms with Gasteiger partial charge in [0.25, 0.3) is 0 Å². The lowest BCUT2D eigenvalue weighted by Crippen LogP contribution is -2.44. The molecule has 8 nitrogen and oxygen atoms in total. The second-order valence-corrected chi connectivity index (χ2v) is 13.7. The van der Waals surface area contributed by atoms with Crippen LogP contribution < -0.4 is 20.1 Å². The molecular weight excluding hydrogens is 548 g/mol. The molecule has 1 saturated carbocycles. The maximum atomic E-state index is 14.2. The lowest BCUT2D eigenvalue weighted by Gasteiger charge is -2.37. The highest BCUT2D eigenvalue weighted by atomic mass is 32.2. The largest absolute Gasteiger partial charge is 0.497 e. The van der Waals surface area contributed by atoms with Crippen LogP contribution in [-0.4, -0.2) is 40.5 Å². The first-order valence-electron chi connectivity index (χ1n) is 14.4. The Hall–Kier alpha value is -4.11. The van der Waals surface area contributed by atoms with Crippen molar-refractivity contribution in [2.45, 2.75) is 50.2 Å². The summed E-state index contributed by atoms with van der Waals surface area (Å²) < 4.78 is 32.4. The Morgan fingerprint density at radius 2 is 1.83 bits per heavy atom. The lowest BCUT2D eigenvalue weighted by atomic mass is 9.65. The highest BCUT2D eigenvalue weighted by molar-refractivity contribution is 7.92. The zero-order chi connectivity index (χ0) is 29.3. The number of methoxy groups -OCH3 is 1. The van der Waals surface area contributed by atoms with Crippen LogP contribution in [0.15, 0.2) is 84.0 Å². The number of ether oxygens (including phenoxy) is 2. The Labute approximate surface area is 247 Å². The molecule has 218 valence electrons. The summed E-state index contributed by atoms with van der Waals surface area (Å²) in [5.41, 5.74) is 10.3. The zero-order valence-corrected chi connectivity index (χ0v) is 24.6. The number of aliphatic imine (C=N–C) groups is 1. The fourth-order valence-electron chi connectivity index (χ4n) is 6.16. The number of para-hydroxylation sites is 1. The number of amides is 1. The first kappa shape index (κ1) is 28.0. The number of benzene rings is 3. The number of allylic oxidation sites excluding steroid dienone is 1. The topological polar surface area (TPSA) is 118 Å². The molecule has 1 aliphatic carbocycles. The molecule has 2 heterocycles. The smallest absolute Gasteiger partial charge is 0.238 e. The predicted molar refractivity (Wildman–Crippen MR) is 166 cm³/mol. The number of fused-ring (bicyclic) bond motifs is 2. The van der Waals surface area contributed by atoms with Crippen molar-refractivity contribution in [1.82, 2.24) is 0 Å². The molecule has 0 radical (unpaired) electrons. The van der Waals surface area contributed by atoms with Gasteiger partial charge in [-0.1, -0.05) is 36.8 Å². The number of nitrogens with two attached hydrogens (primary N) is 1. The van der Waals surface area contributed by atoms with Gasteiger partial charge in [0.05, 0.1) is 36.2 Å². The van der Waals surface area contributed by atoms with E-state index in [4.69, 9.17) is 25.0 Å². The molecule has 42 heavy (non-hydrogen) atoms. The first-order valence-corrected chi connectivity index (χ1v) is 16.3. The standard InChI is InChI=1S/C33H36N4O4S/c1-40-26-10-8-23(9-11-26)22-37-31-28(33(32(37)38)15-5-16-33)20-24(29(12-17-34)36-25-6-3-2-4-7-25)21-30(31)41-27-13-18-42(35,39)19-14-27/h2-4,6-12,17,20-21,27,35H,5,13-16,18-19,22,34H2,1H3. The van der Waals surface area contributed by atoms with Crippen LogP contribution in [0.25, 0.3) is 0 Å². The molecule has 3 aromatic rings. The quantitative estimate of drug-likeness (QED) is 0.322. The van der Waals surface area contributed by atoms with Gasteiger partial charge in [-0.05, 0) is 85.5 Å². The molecular formula is C33H36N4O4S. The molecule has 1 spiro atoms. The van der Waals surface area contributed by atoms with Crippen LogP contribution in [0.1, 0.15) is 48.8 Å². The second-order valence-electron chi connectivity index (χ2n) is 11.3. The number of carbonyl (C=O) groups excluding carboxylic acids is 1. The molecule has 3 N–H and O–H groups in total. The van der Waals surface area contributed by atoms with Crippen molar-refractivity contribution >= 4 is 32.7 Å². The third kappa shape index (κ3) is 5.29. The summed E-state index contributed by atoms with van der Waals surface area (Å²) >= 11 is 0. The van der Waals surface area contributed by atoms with Crippen LogP contribution in [0.4, 0.5) is 11.4 Å². The SMILES string of the molecule is COc1ccc(CN2C(=O)C3(CCC3)c3cc(C(C=CN)=Nc4ccccc4)cc(OC4CCS(=N)(=O)CC4)c32)cc1. The fraction of sp³-hybridized carbons (Fsp3) is 0.333. The van der Waals surface area contributed by atoms with Gasteiger partial charge in [-0.15, -0.1) is 0 Å². The summed E-state index contributed by atoms with van der Waals surface area (Å²) in [5.74, 6) is 2.10. The highest BCUT2D eigenvalue weighted by Crippen LogP contribution is 2.57. The molecule has 3 aliphatic rings. The van der Waals surface area contributed by atoms with Gasteiger partial charge < -0.3 is 20.1 Å². The van der Waals surface area contributed by atoms with E-state index in [1.165, 1.54) is 6.20 Å². The van der Waals surface area contributed by atoms with E-state index in [0.717, 1.165) is 53.1 Å². The molecule has 2 aliphatic heterocycles. The molecule has 1 saturated heterocycles. The van der Waals surface area contributed by atoms with E-state index in [1.807, 2.05) is 65.6 Å². The third-order valence-electron chi connectivity index (χ3n) is 8.61. The van der Waals surface area contributed by atoms with Crippen LogP contribution in [0.5, 0.6) is 11.5 Å². The van der Waals surface area contributed by atoms with Crippen molar-refractivity contribution in [3.05, 3.63) is 95.7 Å².